The maximum absolute atomic E-state index is 12.0. The molecule has 0 aromatic heterocycles. The van der Waals surface area contributed by atoms with Crippen molar-refractivity contribution in [3.05, 3.63) is 23.8 Å². The van der Waals surface area contributed by atoms with Crippen LogP contribution in [-0.4, -0.2) is 30.7 Å². The van der Waals surface area contributed by atoms with E-state index < -0.39 is 0 Å². The first-order chi connectivity index (χ1) is 9.09. The summed E-state index contributed by atoms with van der Waals surface area (Å²) in [5.41, 5.74) is 1.17. The Morgan fingerprint density at radius 1 is 1.37 bits per heavy atom. The fourth-order valence-corrected chi connectivity index (χ4v) is 2.76. The summed E-state index contributed by atoms with van der Waals surface area (Å²) in [6, 6.07) is 6.28. The number of likely N-dealkylation sites (N-methyl/N-ethyl adjacent to an activating group) is 1. The quantitative estimate of drug-likeness (QED) is 0.838. The summed E-state index contributed by atoms with van der Waals surface area (Å²) in [5.74, 6) is 2.32. The van der Waals surface area contributed by atoms with Gasteiger partial charge in [0.15, 0.2) is 11.5 Å². The molecule has 0 radical (unpaired) electrons. The molecule has 19 heavy (non-hydrogen) atoms. The first-order valence-electron chi connectivity index (χ1n) is 6.74. The Labute approximate surface area is 113 Å². The van der Waals surface area contributed by atoms with Crippen molar-refractivity contribution in [2.24, 2.45) is 5.92 Å². The molecule has 1 aliphatic heterocycles. The van der Waals surface area contributed by atoms with Crippen molar-refractivity contribution in [3.8, 4) is 11.5 Å². The second-order valence-corrected chi connectivity index (χ2v) is 5.59. The maximum Gasteiger partial charge on any atom is 0.231 e. The molecule has 1 amide bonds. The molecule has 2 aliphatic rings. The fourth-order valence-electron chi connectivity index (χ4n) is 2.76. The summed E-state index contributed by atoms with van der Waals surface area (Å²) in [4.78, 5) is 13.9. The molecule has 0 N–H and O–H groups in total. The van der Waals surface area contributed by atoms with E-state index in [4.69, 9.17) is 9.47 Å². The average Bonchev–Trinajstić information content (AvgIpc) is 3.04. The highest BCUT2D eigenvalue weighted by molar-refractivity contribution is 5.78. The summed E-state index contributed by atoms with van der Waals surface area (Å²) in [7, 11) is 1.90. The van der Waals surface area contributed by atoms with Crippen LogP contribution >= 0.6 is 0 Å². The second kappa shape index (κ2) is 4.44. The minimum atomic E-state index is 0.0484. The van der Waals surface area contributed by atoms with Crippen molar-refractivity contribution in [3.63, 3.8) is 0 Å². The van der Waals surface area contributed by atoms with Gasteiger partial charge in [-0.2, -0.15) is 0 Å². The van der Waals surface area contributed by atoms with Crippen LogP contribution in [0.4, 0.5) is 0 Å². The van der Waals surface area contributed by atoms with Gasteiger partial charge in [0.2, 0.25) is 12.7 Å². The van der Waals surface area contributed by atoms with Crippen molar-refractivity contribution >= 4 is 5.91 Å². The third-order valence-corrected chi connectivity index (χ3v) is 3.92. The van der Waals surface area contributed by atoms with Crippen LogP contribution in [0, 0.1) is 5.92 Å². The lowest BCUT2D eigenvalue weighted by Crippen LogP contribution is -2.33. The van der Waals surface area contributed by atoms with Gasteiger partial charge >= 0.3 is 0 Å². The molecule has 4 nitrogen and oxygen atoms in total. The Bertz CT molecular complexity index is 512. The maximum atomic E-state index is 12.0. The highest BCUT2D eigenvalue weighted by Gasteiger charge is 2.45. The van der Waals surface area contributed by atoms with Crippen molar-refractivity contribution in [1.82, 2.24) is 4.90 Å². The smallest absolute Gasteiger partial charge is 0.231 e. The summed E-state index contributed by atoms with van der Waals surface area (Å²) in [5, 5.41) is 0. The lowest BCUT2D eigenvalue weighted by molar-refractivity contribution is -0.133. The van der Waals surface area contributed by atoms with E-state index >= 15 is 0 Å². The molecular formula is C15H19NO3. The molecule has 1 heterocycles. The zero-order valence-electron chi connectivity index (χ0n) is 11.6. The Kier molecular flexibility index (Phi) is 2.88. The summed E-state index contributed by atoms with van der Waals surface area (Å²) in [6.07, 6.45) is 1.01. The molecule has 1 fully saturated rings. The predicted molar refractivity (Wildman–Crippen MR) is 71.3 cm³/mol. The van der Waals surface area contributed by atoms with Crippen molar-refractivity contribution in [1.29, 1.82) is 0 Å². The zero-order valence-corrected chi connectivity index (χ0v) is 11.6. The number of amides is 1. The van der Waals surface area contributed by atoms with Gasteiger partial charge in [0, 0.05) is 30.5 Å². The van der Waals surface area contributed by atoms with Gasteiger partial charge in [-0.25, -0.2) is 0 Å². The van der Waals surface area contributed by atoms with Crippen LogP contribution in [0.2, 0.25) is 0 Å². The molecule has 0 spiro atoms. The van der Waals surface area contributed by atoms with Gasteiger partial charge in [0.05, 0.1) is 0 Å². The number of hydrogen-bond acceptors (Lipinski definition) is 3. The van der Waals surface area contributed by atoms with Crippen LogP contribution in [0.15, 0.2) is 18.2 Å². The van der Waals surface area contributed by atoms with Crippen LogP contribution in [-0.2, 0) is 4.79 Å². The molecule has 4 heteroatoms. The van der Waals surface area contributed by atoms with Crippen LogP contribution in [0.5, 0.6) is 11.5 Å². The zero-order chi connectivity index (χ0) is 13.6. The van der Waals surface area contributed by atoms with Crippen molar-refractivity contribution in [2.75, 3.05) is 13.8 Å². The van der Waals surface area contributed by atoms with Crippen molar-refractivity contribution < 1.29 is 14.3 Å². The molecule has 0 unspecified atom stereocenters. The average molecular weight is 261 g/mol. The Hall–Kier alpha value is -1.71. The minimum Gasteiger partial charge on any atom is -0.454 e. The van der Waals surface area contributed by atoms with E-state index in [2.05, 4.69) is 6.07 Å². The largest absolute Gasteiger partial charge is 0.454 e. The van der Waals surface area contributed by atoms with E-state index in [1.165, 1.54) is 5.56 Å². The van der Waals surface area contributed by atoms with Crippen LogP contribution < -0.4 is 9.47 Å². The Morgan fingerprint density at radius 2 is 2.16 bits per heavy atom. The Balaban J connectivity index is 1.77. The fraction of sp³-hybridized carbons (Fsp3) is 0.533. The lowest BCUT2D eigenvalue weighted by Gasteiger charge is -2.20. The van der Waals surface area contributed by atoms with Crippen LogP contribution in [0.3, 0.4) is 0 Å². The molecule has 3 rings (SSSR count). The van der Waals surface area contributed by atoms with E-state index in [-0.39, 0.29) is 11.8 Å². The van der Waals surface area contributed by atoms with Gasteiger partial charge in [-0.15, -0.1) is 0 Å². The monoisotopic (exact) mass is 261 g/mol. The number of hydrogen-bond donors (Lipinski definition) is 0. The predicted octanol–water partition coefficient (Wildman–Crippen LogP) is 2.39. The third-order valence-electron chi connectivity index (χ3n) is 3.92. The number of nitrogens with zero attached hydrogens (tertiary/aromatic N) is 1. The molecule has 0 bridgehead atoms. The van der Waals surface area contributed by atoms with Gasteiger partial charge in [0.25, 0.3) is 0 Å². The van der Waals surface area contributed by atoms with Gasteiger partial charge < -0.3 is 14.4 Å². The van der Waals surface area contributed by atoms with Crippen molar-refractivity contribution in [2.45, 2.75) is 32.2 Å². The number of ether oxygens (including phenoxy) is 2. The van der Waals surface area contributed by atoms with E-state index in [1.807, 2.05) is 37.9 Å². The molecular weight excluding hydrogens is 242 g/mol. The normalized spacial score (nSPS) is 23.6. The molecule has 2 atom stereocenters. The van der Waals surface area contributed by atoms with Gasteiger partial charge in [-0.1, -0.05) is 26.0 Å². The highest BCUT2D eigenvalue weighted by Crippen LogP contribution is 2.51. The first kappa shape index (κ1) is 12.3. The van der Waals surface area contributed by atoms with E-state index in [1.54, 1.807) is 0 Å². The number of carbonyl (C=O) groups excluding carboxylic acids is 1. The SMILES string of the molecule is CC(C)C(=O)N(C)[C@@H]1C[C@H]1c1cccc2c1OCO2. The molecule has 0 saturated heterocycles. The number of fused-ring (bicyclic) bond motifs is 1. The summed E-state index contributed by atoms with van der Waals surface area (Å²) in [6.45, 7) is 4.17. The molecule has 102 valence electrons. The molecule has 1 aromatic rings. The first-order valence-corrected chi connectivity index (χ1v) is 6.74. The van der Waals surface area contributed by atoms with Crippen LogP contribution in [0.1, 0.15) is 31.7 Å². The van der Waals surface area contributed by atoms with Gasteiger partial charge in [-0.3, -0.25) is 4.79 Å². The molecule has 1 saturated carbocycles. The van der Waals surface area contributed by atoms with E-state index in [9.17, 15) is 4.79 Å². The standard InChI is InChI=1S/C15H19NO3/c1-9(2)15(17)16(3)12-7-11(12)10-5-4-6-13-14(10)19-8-18-13/h4-6,9,11-12H,7-8H2,1-3H3/t11-,12+/m0/s1. The molecule has 1 aliphatic carbocycles. The topological polar surface area (TPSA) is 38.8 Å². The number of benzene rings is 1. The van der Waals surface area contributed by atoms with E-state index in [0.29, 0.717) is 18.8 Å². The minimum absolute atomic E-state index is 0.0484. The number of rotatable bonds is 3. The highest BCUT2D eigenvalue weighted by atomic mass is 16.7. The lowest BCUT2D eigenvalue weighted by atomic mass is 10.1. The van der Waals surface area contributed by atoms with Crippen LogP contribution in [0.25, 0.3) is 0 Å². The number of para-hydroxylation sites is 1. The molecule has 1 aromatic carbocycles. The van der Waals surface area contributed by atoms with E-state index in [0.717, 1.165) is 17.9 Å². The summed E-state index contributed by atoms with van der Waals surface area (Å²) < 4.78 is 10.9. The third kappa shape index (κ3) is 2.05. The summed E-state index contributed by atoms with van der Waals surface area (Å²) >= 11 is 0. The Morgan fingerprint density at radius 3 is 2.89 bits per heavy atom. The van der Waals surface area contributed by atoms with Gasteiger partial charge in [-0.05, 0) is 12.5 Å². The second-order valence-electron chi connectivity index (χ2n) is 5.59. The van der Waals surface area contributed by atoms with Gasteiger partial charge in [0.1, 0.15) is 0 Å². The number of carbonyl (C=O) groups is 1.